The van der Waals surface area contributed by atoms with Crippen molar-refractivity contribution in [1.82, 2.24) is 0 Å². The summed E-state index contributed by atoms with van der Waals surface area (Å²) in [7, 11) is -4.04. The third-order valence-corrected chi connectivity index (χ3v) is 5.45. The summed E-state index contributed by atoms with van der Waals surface area (Å²) < 4.78 is 28.5. The van der Waals surface area contributed by atoms with Gasteiger partial charge in [-0.2, -0.15) is 5.10 Å². The zero-order valence-corrected chi connectivity index (χ0v) is 18.3. The molecule has 0 saturated carbocycles. The molecule has 31 heavy (non-hydrogen) atoms. The molecule has 0 aliphatic heterocycles. The van der Waals surface area contributed by atoms with Gasteiger partial charge in [0.15, 0.2) is 0 Å². The van der Waals surface area contributed by atoms with Gasteiger partial charge in [0.25, 0.3) is 5.69 Å². The van der Waals surface area contributed by atoms with Crippen LogP contribution in [-0.4, -0.2) is 26.2 Å². The maximum Gasteiger partial charge on any atom is 0.295 e. The summed E-state index contributed by atoms with van der Waals surface area (Å²) in [6.07, 6.45) is 8.73. The first-order valence-electron chi connectivity index (χ1n) is 10.1. The first kappa shape index (κ1) is 24.3. The first-order valence-corrected chi connectivity index (χ1v) is 11.7. The standard InChI is InChI=1S/C21H28N4O5S/c1-2-3-4-5-6-7-14-30-18-10-8-17(9-11-18)16-23-24-20-13-12-19(31(22,28)29)15-21(20)25(26)27/h8-13,15-16,24H,2-7,14H2,1H3,(H2,22,28,29). The Hall–Kier alpha value is -2.98. The maximum atomic E-state index is 11.4. The summed E-state index contributed by atoms with van der Waals surface area (Å²) in [6, 6.07) is 10.6. The van der Waals surface area contributed by atoms with E-state index in [2.05, 4.69) is 17.5 Å². The predicted molar refractivity (Wildman–Crippen MR) is 121 cm³/mol. The van der Waals surface area contributed by atoms with Crippen LogP contribution in [0.4, 0.5) is 11.4 Å². The van der Waals surface area contributed by atoms with Gasteiger partial charge >= 0.3 is 0 Å². The Labute approximate surface area is 182 Å². The lowest BCUT2D eigenvalue weighted by atomic mass is 10.1. The summed E-state index contributed by atoms with van der Waals surface area (Å²) in [6.45, 7) is 2.88. The zero-order valence-electron chi connectivity index (χ0n) is 17.5. The number of hydrazone groups is 1. The van der Waals surface area contributed by atoms with Gasteiger partial charge in [-0.1, -0.05) is 39.0 Å². The summed E-state index contributed by atoms with van der Waals surface area (Å²) in [4.78, 5) is 10.2. The fraction of sp³-hybridized carbons (Fsp3) is 0.381. The van der Waals surface area contributed by atoms with Gasteiger partial charge in [0.1, 0.15) is 11.4 Å². The number of primary sulfonamides is 1. The number of nitrogens with one attached hydrogen (secondary N) is 1. The van der Waals surface area contributed by atoms with Gasteiger partial charge in [0.05, 0.1) is 22.6 Å². The molecule has 0 unspecified atom stereocenters. The number of ether oxygens (including phenoxy) is 1. The molecule has 0 aliphatic rings. The Morgan fingerprint density at radius 2 is 1.77 bits per heavy atom. The van der Waals surface area contributed by atoms with Gasteiger partial charge < -0.3 is 4.74 Å². The number of nitro groups is 1. The molecule has 2 aromatic rings. The van der Waals surface area contributed by atoms with Crippen molar-refractivity contribution in [2.45, 2.75) is 50.3 Å². The summed E-state index contributed by atoms with van der Waals surface area (Å²) in [5.74, 6) is 0.771. The molecule has 0 aromatic heterocycles. The van der Waals surface area contributed by atoms with E-state index in [-0.39, 0.29) is 10.6 Å². The van der Waals surface area contributed by atoms with E-state index in [1.807, 2.05) is 24.3 Å². The number of nitro benzene ring substituents is 1. The molecule has 0 fully saturated rings. The van der Waals surface area contributed by atoms with Crippen molar-refractivity contribution >= 4 is 27.6 Å². The monoisotopic (exact) mass is 448 g/mol. The van der Waals surface area contributed by atoms with Gasteiger partial charge in [0, 0.05) is 6.07 Å². The molecule has 3 N–H and O–H groups in total. The Balaban J connectivity index is 1.88. The quantitative estimate of drug-likeness (QED) is 0.201. The van der Waals surface area contributed by atoms with E-state index < -0.39 is 20.6 Å². The van der Waals surface area contributed by atoms with Gasteiger partial charge in [-0.15, -0.1) is 0 Å². The van der Waals surface area contributed by atoms with Crippen molar-refractivity contribution in [1.29, 1.82) is 0 Å². The lowest BCUT2D eigenvalue weighted by molar-refractivity contribution is -0.384. The van der Waals surface area contributed by atoms with E-state index in [0.29, 0.717) is 6.61 Å². The molecular weight excluding hydrogens is 420 g/mol. The van der Waals surface area contributed by atoms with Crippen LogP contribution in [0.1, 0.15) is 51.0 Å². The largest absolute Gasteiger partial charge is 0.494 e. The Bertz CT molecular complexity index is 991. The fourth-order valence-electron chi connectivity index (χ4n) is 2.83. The lowest BCUT2D eigenvalue weighted by Crippen LogP contribution is -2.12. The van der Waals surface area contributed by atoms with Crippen LogP contribution in [0.5, 0.6) is 5.75 Å². The van der Waals surface area contributed by atoms with Crippen molar-refractivity contribution in [3.63, 3.8) is 0 Å². The van der Waals surface area contributed by atoms with E-state index in [1.165, 1.54) is 50.5 Å². The molecule has 168 valence electrons. The van der Waals surface area contributed by atoms with E-state index in [1.54, 1.807) is 0 Å². The predicted octanol–water partition coefficient (Wildman–Crippen LogP) is 4.43. The Morgan fingerprint density at radius 3 is 2.42 bits per heavy atom. The number of hydrogen-bond donors (Lipinski definition) is 2. The van der Waals surface area contributed by atoms with Gasteiger partial charge in [-0.25, -0.2) is 13.6 Å². The van der Waals surface area contributed by atoms with E-state index in [9.17, 15) is 18.5 Å². The SMILES string of the molecule is CCCCCCCCOc1ccc(C=NNc2ccc(S(N)(=O)=O)cc2[N+](=O)[O-])cc1. The molecule has 0 heterocycles. The van der Waals surface area contributed by atoms with Crippen LogP contribution < -0.4 is 15.3 Å². The number of nitrogens with two attached hydrogens (primary N) is 1. The number of nitrogens with zero attached hydrogens (tertiary/aromatic N) is 2. The zero-order chi connectivity index (χ0) is 22.7. The van der Waals surface area contributed by atoms with E-state index in [4.69, 9.17) is 9.88 Å². The average Bonchev–Trinajstić information content (AvgIpc) is 2.73. The van der Waals surface area contributed by atoms with Crippen LogP contribution in [0, 0.1) is 10.1 Å². The average molecular weight is 449 g/mol. The van der Waals surface area contributed by atoms with E-state index in [0.717, 1.165) is 23.8 Å². The second-order valence-electron chi connectivity index (χ2n) is 7.04. The van der Waals surface area contributed by atoms with Gasteiger partial charge in [-0.05, 0) is 48.4 Å². The summed E-state index contributed by atoms with van der Waals surface area (Å²) >= 11 is 0. The molecule has 0 amide bonds. The van der Waals surface area contributed by atoms with Crippen LogP contribution in [0.2, 0.25) is 0 Å². The van der Waals surface area contributed by atoms with Gasteiger partial charge in [0.2, 0.25) is 10.0 Å². The summed E-state index contributed by atoms with van der Waals surface area (Å²) in [5.41, 5.74) is 2.93. The lowest BCUT2D eigenvalue weighted by Gasteiger charge is -2.06. The molecular formula is C21H28N4O5S. The highest BCUT2D eigenvalue weighted by molar-refractivity contribution is 7.89. The van der Waals surface area contributed by atoms with Crippen LogP contribution >= 0.6 is 0 Å². The number of rotatable bonds is 13. The minimum Gasteiger partial charge on any atom is -0.494 e. The Kier molecular flexibility index (Phi) is 9.41. The molecule has 0 radical (unpaired) electrons. The molecule has 0 aliphatic carbocycles. The highest BCUT2D eigenvalue weighted by Crippen LogP contribution is 2.27. The molecule has 0 bridgehead atoms. The normalized spacial score (nSPS) is 11.5. The highest BCUT2D eigenvalue weighted by Gasteiger charge is 2.18. The fourth-order valence-corrected chi connectivity index (χ4v) is 3.37. The Morgan fingerprint density at radius 1 is 1.10 bits per heavy atom. The van der Waals surface area contributed by atoms with Crippen LogP contribution in [-0.2, 0) is 10.0 Å². The topological polar surface area (TPSA) is 137 Å². The molecule has 0 saturated heterocycles. The molecule has 0 spiro atoms. The van der Waals surface area contributed by atoms with Crippen molar-refractivity contribution in [3.05, 3.63) is 58.1 Å². The smallest absolute Gasteiger partial charge is 0.295 e. The van der Waals surface area contributed by atoms with Crippen molar-refractivity contribution < 1.29 is 18.1 Å². The number of unbranched alkanes of at least 4 members (excludes halogenated alkanes) is 5. The molecule has 0 atom stereocenters. The maximum absolute atomic E-state index is 11.4. The number of anilines is 1. The third kappa shape index (κ3) is 8.35. The molecule has 2 aromatic carbocycles. The van der Waals surface area contributed by atoms with Crippen molar-refractivity contribution in [2.75, 3.05) is 12.0 Å². The summed E-state index contributed by atoms with van der Waals surface area (Å²) in [5, 5.41) is 20.2. The van der Waals surface area contributed by atoms with Crippen LogP contribution in [0.3, 0.4) is 0 Å². The first-order chi connectivity index (χ1) is 14.8. The number of sulfonamides is 1. The van der Waals surface area contributed by atoms with E-state index >= 15 is 0 Å². The molecule has 10 heteroatoms. The molecule has 2 rings (SSSR count). The second kappa shape index (κ2) is 12.0. The van der Waals surface area contributed by atoms with Crippen molar-refractivity contribution in [2.24, 2.45) is 10.2 Å². The minimum absolute atomic E-state index is 0.0486. The minimum atomic E-state index is -4.04. The number of hydrogen-bond acceptors (Lipinski definition) is 7. The van der Waals surface area contributed by atoms with Gasteiger partial charge in [-0.3, -0.25) is 15.5 Å². The second-order valence-corrected chi connectivity index (χ2v) is 8.60. The third-order valence-electron chi connectivity index (χ3n) is 4.54. The van der Waals surface area contributed by atoms with Crippen LogP contribution in [0.15, 0.2) is 52.5 Å². The molecule has 9 nitrogen and oxygen atoms in total. The van der Waals surface area contributed by atoms with Crippen LogP contribution in [0.25, 0.3) is 0 Å². The highest BCUT2D eigenvalue weighted by atomic mass is 32.2. The van der Waals surface area contributed by atoms with Crippen molar-refractivity contribution in [3.8, 4) is 5.75 Å². The number of benzene rings is 2.